The molecule has 5 heteroatoms. The standard InChI is InChI=1S/C19H32N2O3/c1-14(2)11-17(24-18(23)21-19(3,4)5)16(22)13-20-12-15-9-7-6-8-10-15/h6-10,14,16-17,20,22H,11-13H2,1-5H3,(H,21,23)/t16-,17+/m1/s1. The van der Waals surface area contributed by atoms with Crippen LogP contribution in [0.4, 0.5) is 4.79 Å². The number of aliphatic hydroxyl groups is 1. The van der Waals surface area contributed by atoms with Crippen LogP contribution in [0.3, 0.4) is 0 Å². The highest BCUT2D eigenvalue weighted by molar-refractivity contribution is 5.68. The minimum absolute atomic E-state index is 0.321. The summed E-state index contributed by atoms with van der Waals surface area (Å²) in [5, 5.41) is 16.4. The molecule has 0 radical (unpaired) electrons. The van der Waals surface area contributed by atoms with Gasteiger partial charge in [-0.3, -0.25) is 0 Å². The molecule has 1 amide bonds. The Bertz CT molecular complexity index is 483. The molecular formula is C19H32N2O3. The largest absolute Gasteiger partial charge is 0.443 e. The maximum absolute atomic E-state index is 12.0. The van der Waals surface area contributed by atoms with Crippen LogP contribution in [0.2, 0.25) is 0 Å². The van der Waals surface area contributed by atoms with Crippen molar-refractivity contribution in [2.24, 2.45) is 5.92 Å². The van der Waals surface area contributed by atoms with Gasteiger partial charge in [-0.15, -0.1) is 0 Å². The summed E-state index contributed by atoms with van der Waals surface area (Å²) in [5.41, 5.74) is 0.784. The van der Waals surface area contributed by atoms with Crippen LogP contribution in [-0.2, 0) is 11.3 Å². The molecule has 0 saturated heterocycles. The molecule has 2 atom stereocenters. The Morgan fingerprint density at radius 3 is 2.38 bits per heavy atom. The van der Waals surface area contributed by atoms with E-state index in [0.29, 0.717) is 25.4 Å². The maximum atomic E-state index is 12.0. The van der Waals surface area contributed by atoms with E-state index in [1.807, 2.05) is 65.0 Å². The molecule has 0 heterocycles. The van der Waals surface area contributed by atoms with E-state index in [2.05, 4.69) is 10.6 Å². The van der Waals surface area contributed by atoms with Gasteiger partial charge >= 0.3 is 6.09 Å². The van der Waals surface area contributed by atoms with Gasteiger partial charge in [-0.05, 0) is 38.7 Å². The summed E-state index contributed by atoms with van der Waals surface area (Å²) in [6.45, 7) is 10.8. The normalized spacial score (nSPS) is 14.3. The lowest BCUT2D eigenvalue weighted by molar-refractivity contribution is -0.00891. The van der Waals surface area contributed by atoms with Crippen molar-refractivity contribution < 1.29 is 14.6 Å². The van der Waals surface area contributed by atoms with E-state index in [1.165, 1.54) is 0 Å². The lowest BCUT2D eigenvalue weighted by Gasteiger charge is -2.27. The van der Waals surface area contributed by atoms with Crippen LogP contribution < -0.4 is 10.6 Å². The number of benzene rings is 1. The molecule has 0 aromatic heterocycles. The van der Waals surface area contributed by atoms with Gasteiger partial charge in [0.1, 0.15) is 12.2 Å². The maximum Gasteiger partial charge on any atom is 0.407 e. The Labute approximate surface area is 145 Å². The first-order valence-electron chi connectivity index (χ1n) is 8.59. The third kappa shape index (κ3) is 8.89. The van der Waals surface area contributed by atoms with Crippen molar-refractivity contribution in [3.63, 3.8) is 0 Å². The molecule has 0 aliphatic heterocycles. The molecule has 1 aromatic carbocycles. The van der Waals surface area contributed by atoms with Gasteiger partial charge in [0.15, 0.2) is 0 Å². The summed E-state index contributed by atoms with van der Waals surface area (Å²) in [5.74, 6) is 0.321. The van der Waals surface area contributed by atoms with Gasteiger partial charge in [-0.25, -0.2) is 4.79 Å². The molecule has 0 aliphatic rings. The van der Waals surface area contributed by atoms with Crippen molar-refractivity contribution >= 4 is 6.09 Å². The lowest BCUT2D eigenvalue weighted by atomic mass is 10.0. The predicted molar refractivity (Wildman–Crippen MR) is 96.8 cm³/mol. The molecule has 5 nitrogen and oxygen atoms in total. The second-order valence-electron chi connectivity index (χ2n) is 7.63. The Balaban J connectivity index is 2.51. The first kappa shape index (κ1) is 20.5. The molecular weight excluding hydrogens is 304 g/mol. The van der Waals surface area contributed by atoms with E-state index in [-0.39, 0.29) is 5.54 Å². The second-order valence-corrected chi connectivity index (χ2v) is 7.63. The van der Waals surface area contributed by atoms with Crippen LogP contribution in [0, 0.1) is 5.92 Å². The number of aliphatic hydroxyl groups excluding tert-OH is 1. The topological polar surface area (TPSA) is 70.6 Å². The Morgan fingerprint density at radius 1 is 1.21 bits per heavy atom. The Morgan fingerprint density at radius 2 is 1.83 bits per heavy atom. The fourth-order valence-corrected chi connectivity index (χ4v) is 2.31. The average Bonchev–Trinajstić information content (AvgIpc) is 2.45. The summed E-state index contributed by atoms with van der Waals surface area (Å²) >= 11 is 0. The van der Waals surface area contributed by atoms with E-state index in [1.54, 1.807) is 0 Å². The first-order valence-corrected chi connectivity index (χ1v) is 8.59. The van der Waals surface area contributed by atoms with E-state index < -0.39 is 18.3 Å². The molecule has 0 spiro atoms. The fraction of sp³-hybridized carbons (Fsp3) is 0.632. The highest BCUT2D eigenvalue weighted by Gasteiger charge is 2.26. The third-order valence-electron chi connectivity index (χ3n) is 3.39. The molecule has 0 bridgehead atoms. The van der Waals surface area contributed by atoms with Crippen molar-refractivity contribution in [1.82, 2.24) is 10.6 Å². The van der Waals surface area contributed by atoms with Crippen LogP contribution in [0.1, 0.15) is 46.6 Å². The minimum Gasteiger partial charge on any atom is -0.443 e. The van der Waals surface area contributed by atoms with Gasteiger partial charge in [-0.2, -0.15) is 0 Å². The smallest absolute Gasteiger partial charge is 0.407 e. The van der Waals surface area contributed by atoms with Crippen molar-refractivity contribution in [1.29, 1.82) is 0 Å². The van der Waals surface area contributed by atoms with E-state index in [4.69, 9.17) is 4.74 Å². The van der Waals surface area contributed by atoms with Gasteiger partial charge in [0, 0.05) is 18.6 Å². The van der Waals surface area contributed by atoms with E-state index >= 15 is 0 Å². The number of carbonyl (C=O) groups is 1. The molecule has 136 valence electrons. The number of hydrogen-bond acceptors (Lipinski definition) is 4. The number of amides is 1. The Hall–Kier alpha value is -1.59. The van der Waals surface area contributed by atoms with Gasteiger partial charge in [0.2, 0.25) is 0 Å². The molecule has 0 saturated carbocycles. The number of rotatable bonds is 8. The molecule has 24 heavy (non-hydrogen) atoms. The summed E-state index contributed by atoms with van der Waals surface area (Å²) < 4.78 is 5.46. The van der Waals surface area contributed by atoms with Crippen molar-refractivity contribution in [3.05, 3.63) is 35.9 Å². The first-order chi connectivity index (χ1) is 11.2. The molecule has 3 N–H and O–H groups in total. The fourth-order valence-electron chi connectivity index (χ4n) is 2.31. The van der Waals surface area contributed by atoms with Gasteiger partial charge in [0.05, 0.1) is 0 Å². The number of nitrogens with one attached hydrogen (secondary N) is 2. The number of hydrogen-bond donors (Lipinski definition) is 3. The zero-order valence-corrected chi connectivity index (χ0v) is 15.5. The minimum atomic E-state index is -0.748. The van der Waals surface area contributed by atoms with E-state index in [0.717, 1.165) is 5.56 Å². The van der Waals surface area contributed by atoms with Gasteiger partial charge in [0.25, 0.3) is 0 Å². The van der Waals surface area contributed by atoms with Crippen LogP contribution in [0.25, 0.3) is 0 Å². The van der Waals surface area contributed by atoms with Crippen molar-refractivity contribution in [2.45, 2.75) is 65.3 Å². The highest BCUT2D eigenvalue weighted by atomic mass is 16.6. The monoisotopic (exact) mass is 336 g/mol. The van der Waals surface area contributed by atoms with E-state index in [9.17, 15) is 9.90 Å². The lowest BCUT2D eigenvalue weighted by Crippen LogP contribution is -2.46. The second kappa shape index (κ2) is 9.64. The van der Waals surface area contributed by atoms with Crippen LogP contribution in [0.5, 0.6) is 0 Å². The Kier molecular flexibility index (Phi) is 8.22. The van der Waals surface area contributed by atoms with Gasteiger partial charge in [-0.1, -0.05) is 44.2 Å². The molecule has 0 fully saturated rings. The van der Waals surface area contributed by atoms with Crippen LogP contribution in [-0.4, -0.2) is 35.5 Å². The van der Waals surface area contributed by atoms with Crippen LogP contribution >= 0.6 is 0 Å². The zero-order valence-electron chi connectivity index (χ0n) is 15.5. The number of ether oxygens (including phenoxy) is 1. The third-order valence-corrected chi connectivity index (χ3v) is 3.39. The number of alkyl carbamates (subject to hydrolysis) is 1. The SMILES string of the molecule is CC(C)C[C@H](OC(=O)NC(C)(C)C)[C@H](O)CNCc1ccccc1. The highest BCUT2D eigenvalue weighted by Crippen LogP contribution is 2.13. The van der Waals surface area contributed by atoms with Crippen LogP contribution in [0.15, 0.2) is 30.3 Å². The summed E-state index contributed by atoms with van der Waals surface area (Å²) in [7, 11) is 0. The molecule has 0 aliphatic carbocycles. The average molecular weight is 336 g/mol. The summed E-state index contributed by atoms with van der Waals surface area (Å²) in [4.78, 5) is 12.0. The van der Waals surface area contributed by atoms with Crippen molar-refractivity contribution in [2.75, 3.05) is 6.54 Å². The quantitative estimate of drug-likeness (QED) is 0.682. The van der Waals surface area contributed by atoms with Crippen molar-refractivity contribution in [3.8, 4) is 0 Å². The van der Waals surface area contributed by atoms with Gasteiger partial charge < -0.3 is 20.5 Å². The summed E-state index contributed by atoms with van der Waals surface area (Å²) in [6.07, 6.45) is -1.15. The molecule has 0 unspecified atom stereocenters. The molecule has 1 aromatic rings. The number of carbonyl (C=O) groups excluding carboxylic acids is 1. The zero-order chi connectivity index (χ0) is 18.2. The molecule has 1 rings (SSSR count). The predicted octanol–water partition coefficient (Wildman–Crippen LogP) is 3.08. The summed E-state index contributed by atoms with van der Waals surface area (Å²) in [6, 6.07) is 9.99.